The van der Waals surface area contributed by atoms with Crippen molar-refractivity contribution in [3.05, 3.63) is 70.4 Å². The SMILES string of the molecule is N#Cc1cc2cc(O)ccc2c(=O)n1-c1cccc(F)c1. The minimum atomic E-state index is -0.492. The minimum Gasteiger partial charge on any atom is -0.508 e. The van der Waals surface area contributed by atoms with E-state index in [4.69, 9.17) is 0 Å². The molecule has 1 heterocycles. The van der Waals surface area contributed by atoms with Crippen LogP contribution in [0.25, 0.3) is 16.5 Å². The maximum Gasteiger partial charge on any atom is 0.264 e. The molecule has 0 saturated carbocycles. The highest BCUT2D eigenvalue weighted by Crippen LogP contribution is 2.20. The molecular weight excluding hydrogens is 271 g/mol. The van der Waals surface area contributed by atoms with Crippen LogP contribution in [0.5, 0.6) is 5.75 Å². The number of phenolic OH excluding ortho intramolecular Hbond substituents is 1. The first-order valence-electron chi connectivity index (χ1n) is 6.15. The summed E-state index contributed by atoms with van der Waals surface area (Å²) >= 11 is 0. The Morgan fingerprint density at radius 2 is 1.95 bits per heavy atom. The van der Waals surface area contributed by atoms with Crippen LogP contribution in [0.4, 0.5) is 4.39 Å². The van der Waals surface area contributed by atoms with Crippen LogP contribution < -0.4 is 5.56 Å². The van der Waals surface area contributed by atoms with Crippen LogP contribution >= 0.6 is 0 Å². The van der Waals surface area contributed by atoms with Crippen molar-refractivity contribution < 1.29 is 9.50 Å². The lowest BCUT2D eigenvalue weighted by Gasteiger charge is -2.10. The number of halogens is 1. The molecule has 0 aliphatic rings. The summed E-state index contributed by atoms with van der Waals surface area (Å²) in [6.07, 6.45) is 0. The van der Waals surface area contributed by atoms with Gasteiger partial charge in [-0.05, 0) is 47.9 Å². The first kappa shape index (κ1) is 12.9. The Kier molecular flexibility index (Phi) is 2.92. The Morgan fingerprint density at radius 1 is 1.14 bits per heavy atom. The van der Waals surface area contributed by atoms with E-state index in [0.717, 1.165) is 4.57 Å². The third kappa shape index (κ3) is 2.13. The van der Waals surface area contributed by atoms with Crippen molar-refractivity contribution in [2.75, 3.05) is 0 Å². The summed E-state index contributed by atoms with van der Waals surface area (Å²) in [5, 5.41) is 19.5. The topological polar surface area (TPSA) is 66.0 Å². The standard InChI is InChI=1S/C16H9FN2O2/c17-11-2-1-3-12(8-11)19-13(9-18)6-10-7-14(20)4-5-15(10)16(19)21/h1-8,20H. The van der Waals surface area contributed by atoms with Crippen LogP contribution in [-0.4, -0.2) is 9.67 Å². The monoisotopic (exact) mass is 280 g/mol. The predicted molar refractivity (Wildman–Crippen MR) is 75.9 cm³/mol. The fourth-order valence-corrected chi connectivity index (χ4v) is 2.26. The van der Waals surface area contributed by atoms with E-state index >= 15 is 0 Å². The van der Waals surface area contributed by atoms with Gasteiger partial charge < -0.3 is 5.11 Å². The quantitative estimate of drug-likeness (QED) is 0.745. The van der Waals surface area contributed by atoms with E-state index in [1.54, 1.807) is 6.07 Å². The Morgan fingerprint density at radius 3 is 2.67 bits per heavy atom. The summed E-state index contributed by atoms with van der Waals surface area (Å²) in [7, 11) is 0. The molecule has 2 aromatic carbocycles. The number of phenols is 1. The second-order valence-electron chi connectivity index (χ2n) is 4.53. The number of nitrogens with zero attached hydrogens (tertiary/aromatic N) is 2. The second-order valence-corrected chi connectivity index (χ2v) is 4.53. The van der Waals surface area contributed by atoms with Gasteiger partial charge in [-0.1, -0.05) is 6.07 Å². The lowest BCUT2D eigenvalue weighted by molar-refractivity contribution is 0.476. The van der Waals surface area contributed by atoms with E-state index in [9.17, 15) is 19.6 Å². The molecule has 102 valence electrons. The molecule has 0 saturated heterocycles. The van der Waals surface area contributed by atoms with Crippen molar-refractivity contribution in [3.63, 3.8) is 0 Å². The van der Waals surface area contributed by atoms with Crippen LogP contribution in [0.1, 0.15) is 5.69 Å². The van der Waals surface area contributed by atoms with Crippen molar-refractivity contribution in [1.29, 1.82) is 5.26 Å². The van der Waals surface area contributed by atoms with Crippen molar-refractivity contribution in [2.24, 2.45) is 0 Å². The van der Waals surface area contributed by atoms with Gasteiger partial charge in [0.05, 0.1) is 5.69 Å². The molecule has 0 amide bonds. The fourth-order valence-electron chi connectivity index (χ4n) is 2.26. The second kappa shape index (κ2) is 4.76. The minimum absolute atomic E-state index is 0.00861. The zero-order valence-electron chi connectivity index (χ0n) is 10.7. The van der Waals surface area contributed by atoms with Gasteiger partial charge in [0.15, 0.2) is 0 Å². The molecule has 0 fully saturated rings. The predicted octanol–water partition coefficient (Wildman–Crippen LogP) is 2.71. The lowest BCUT2D eigenvalue weighted by Crippen LogP contribution is -2.21. The molecule has 21 heavy (non-hydrogen) atoms. The lowest BCUT2D eigenvalue weighted by atomic mass is 10.1. The number of aromatic nitrogens is 1. The van der Waals surface area contributed by atoms with Crippen LogP contribution in [0.2, 0.25) is 0 Å². The average Bonchev–Trinajstić information content (AvgIpc) is 2.46. The van der Waals surface area contributed by atoms with Gasteiger partial charge in [0.2, 0.25) is 0 Å². The summed E-state index contributed by atoms with van der Waals surface area (Å²) in [5.74, 6) is -0.483. The third-order valence-corrected chi connectivity index (χ3v) is 3.18. The molecule has 5 heteroatoms. The van der Waals surface area contributed by atoms with E-state index in [1.165, 1.54) is 42.5 Å². The fraction of sp³-hybridized carbons (Fsp3) is 0. The van der Waals surface area contributed by atoms with Gasteiger partial charge >= 0.3 is 0 Å². The number of benzene rings is 2. The van der Waals surface area contributed by atoms with Crippen LogP contribution in [0.15, 0.2) is 53.3 Å². The zero-order chi connectivity index (χ0) is 15.0. The molecule has 4 nitrogen and oxygen atoms in total. The summed E-state index contributed by atoms with van der Waals surface area (Å²) < 4.78 is 14.5. The van der Waals surface area contributed by atoms with Crippen molar-refractivity contribution in [2.45, 2.75) is 0 Å². The Hall–Kier alpha value is -3.13. The first-order valence-corrected chi connectivity index (χ1v) is 6.15. The van der Waals surface area contributed by atoms with Gasteiger partial charge in [0.1, 0.15) is 23.3 Å². The normalized spacial score (nSPS) is 10.5. The number of nitriles is 1. The molecule has 1 aromatic heterocycles. The molecule has 1 N–H and O–H groups in total. The molecule has 0 radical (unpaired) electrons. The van der Waals surface area contributed by atoms with E-state index in [0.29, 0.717) is 10.8 Å². The van der Waals surface area contributed by atoms with Crippen molar-refractivity contribution in [1.82, 2.24) is 4.57 Å². The highest BCUT2D eigenvalue weighted by molar-refractivity contribution is 5.84. The van der Waals surface area contributed by atoms with Gasteiger partial charge in [-0.15, -0.1) is 0 Å². The molecule has 0 spiro atoms. The van der Waals surface area contributed by atoms with Crippen molar-refractivity contribution >= 4 is 10.8 Å². The number of hydrogen-bond acceptors (Lipinski definition) is 3. The maximum absolute atomic E-state index is 13.4. The number of pyridine rings is 1. The number of hydrogen-bond donors (Lipinski definition) is 1. The van der Waals surface area contributed by atoms with E-state index < -0.39 is 11.4 Å². The summed E-state index contributed by atoms with van der Waals surface area (Å²) in [5.41, 5.74) is -0.0788. The smallest absolute Gasteiger partial charge is 0.264 e. The van der Waals surface area contributed by atoms with E-state index in [-0.39, 0.29) is 17.1 Å². The molecule has 0 aliphatic heterocycles. The largest absolute Gasteiger partial charge is 0.508 e. The highest BCUT2D eigenvalue weighted by Gasteiger charge is 2.11. The van der Waals surface area contributed by atoms with Crippen LogP contribution in [0, 0.1) is 17.1 Å². The first-order chi connectivity index (χ1) is 10.1. The summed E-state index contributed by atoms with van der Waals surface area (Å²) in [4.78, 5) is 12.5. The summed E-state index contributed by atoms with van der Waals surface area (Å²) in [6, 6.07) is 13.2. The highest BCUT2D eigenvalue weighted by atomic mass is 19.1. The van der Waals surface area contributed by atoms with E-state index in [2.05, 4.69) is 0 Å². The summed E-state index contributed by atoms with van der Waals surface area (Å²) in [6.45, 7) is 0. The zero-order valence-corrected chi connectivity index (χ0v) is 10.7. The van der Waals surface area contributed by atoms with Gasteiger partial charge in [0.25, 0.3) is 5.56 Å². The number of rotatable bonds is 1. The van der Waals surface area contributed by atoms with Gasteiger partial charge in [0, 0.05) is 5.39 Å². The Labute approximate surface area is 118 Å². The van der Waals surface area contributed by atoms with Crippen LogP contribution in [0.3, 0.4) is 0 Å². The third-order valence-electron chi connectivity index (χ3n) is 3.18. The number of aromatic hydroxyl groups is 1. The maximum atomic E-state index is 13.4. The molecule has 0 aliphatic carbocycles. The molecular formula is C16H9FN2O2. The molecule has 3 aromatic rings. The van der Waals surface area contributed by atoms with Crippen LogP contribution in [-0.2, 0) is 0 Å². The molecule has 0 bridgehead atoms. The van der Waals surface area contributed by atoms with Gasteiger partial charge in [-0.25, -0.2) is 4.39 Å². The Bertz CT molecular complexity index is 955. The van der Waals surface area contributed by atoms with Gasteiger partial charge in [-0.2, -0.15) is 5.26 Å². The molecule has 3 rings (SSSR count). The molecule has 0 unspecified atom stereocenters. The van der Waals surface area contributed by atoms with E-state index in [1.807, 2.05) is 6.07 Å². The number of fused-ring (bicyclic) bond motifs is 1. The molecule has 0 atom stereocenters. The van der Waals surface area contributed by atoms with Gasteiger partial charge in [-0.3, -0.25) is 9.36 Å². The average molecular weight is 280 g/mol. The Balaban J connectivity index is 2.43. The van der Waals surface area contributed by atoms with Crippen molar-refractivity contribution in [3.8, 4) is 17.5 Å².